The van der Waals surface area contributed by atoms with Gasteiger partial charge in [-0.15, -0.1) is 10.2 Å². The summed E-state index contributed by atoms with van der Waals surface area (Å²) in [5.41, 5.74) is 3.46. The van der Waals surface area contributed by atoms with E-state index in [9.17, 15) is 9.59 Å². The van der Waals surface area contributed by atoms with Gasteiger partial charge in [-0.05, 0) is 86.2 Å². The second kappa shape index (κ2) is 11.0. The maximum absolute atomic E-state index is 12.6. The Kier molecular flexibility index (Phi) is 8.30. The maximum Gasteiger partial charge on any atom is 0.251 e. The topological polar surface area (TPSA) is 88.9 Å². The van der Waals surface area contributed by atoms with Gasteiger partial charge in [-0.25, -0.2) is 0 Å². The van der Waals surface area contributed by atoms with Crippen molar-refractivity contribution in [3.63, 3.8) is 0 Å². The van der Waals surface area contributed by atoms with Gasteiger partial charge in [0.15, 0.2) is 11.0 Å². The van der Waals surface area contributed by atoms with Crippen LogP contribution in [0.5, 0.6) is 0 Å². The molecule has 168 valence electrons. The highest BCUT2D eigenvalue weighted by molar-refractivity contribution is 14.1. The van der Waals surface area contributed by atoms with Crippen LogP contribution in [-0.4, -0.2) is 32.3 Å². The molecule has 0 saturated carbocycles. The minimum atomic E-state index is -0.326. The van der Waals surface area contributed by atoms with Crippen molar-refractivity contribution in [1.29, 1.82) is 0 Å². The van der Waals surface area contributed by atoms with E-state index in [0.717, 1.165) is 20.4 Å². The van der Waals surface area contributed by atoms with Crippen LogP contribution in [0.1, 0.15) is 47.2 Å². The Bertz CT molecular complexity index is 1130. The van der Waals surface area contributed by atoms with Crippen molar-refractivity contribution in [3.05, 3.63) is 68.5 Å². The molecule has 0 aliphatic carbocycles. The number of nitrogens with one attached hydrogen (secondary N) is 2. The van der Waals surface area contributed by atoms with Gasteiger partial charge < -0.3 is 15.2 Å². The fourth-order valence-electron chi connectivity index (χ4n) is 3.24. The lowest BCUT2D eigenvalue weighted by molar-refractivity contribution is -0.113. The van der Waals surface area contributed by atoms with Crippen LogP contribution in [-0.2, 0) is 11.3 Å². The van der Waals surface area contributed by atoms with Gasteiger partial charge in [-0.1, -0.05) is 29.5 Å². The average molecular weight is 563 g/mol. The Morgan fingerprint density at radius 2 is 1.94 bits per heavy atom. The third-order valence-corrected chi connectivity index (χ3v) is 6.51. The van der Waals surface area contributed by atoms with Gasteiger partial charge >= 0.3 is 0 Å². The van der Waals surface area contributed by atoms with Crippen molar-refractivity contribution in [2.75, 3.05) is 11.1 Å². The molecule has 0 radical (unpaired) electrons. The smallest absolute Gasteiger partial charge is 0.251 e. The molecule has 1 heterocycles. The number of halogens is 1. The number of aryl methyl sites for hydroxylation is 2. The van der Waals surface area contributed by atoms with Gasteiger partial charge in [-0.2, -0.15) is 0 Å². The number of nitrogens with zero attached hydrogens (tertiary/aromatic N) is 3. The number of hydrogen-bond acceptors (Lipinski definition) is 5. The van der Waals surface area contributed by atoms with Crippen molar-refractivity contribution in [3.8, 4) is 0 Å². The van der Waals surface area contributed by atoms with E-state index in [4.69, 9.17) is 0 Å². The second-order valence-corrected chi connectivity index (χ2v) is 9.63. The van der Waals surface area contributed by atoms with Gasteiger partial charge in [0.25, 0.3) is 5.91 Å². The van der Waals surface area contributed by atoms with Crippen LogP contribution in [0.4, 0.5) is 5.69 Å². The predicted molar refractivity (Wildman–Crippen MR) is 136 cm³/mol. The summed E-state index contributed by atoms with van der Waals surface area (Å²) in [4.78, 5) is 25.0. The summed E-state index contributed by atoms with van der Waals surface area (Å²) in [6.45, 7) is 8.42. The van der Waals surface area contributed by atoms with Crippen LogP contribution in [0.25, 0.3) is 0 Å². The molecule has 1 aromatic heterocycles. The molecule has 3 rings (SSSR count). The normalized spacial score (nSPS) is 11.8. The predicted octanol–water partition coefficient (Wildman–Crippen LogP) is 4.74. The number of benzene rings is 2. The van der Waals surface area contributed by atoms with Gasteiger partial charge in [0, 0.05) is 21.4 Å². The minimum Gasteiger partial charge on any atom is -0.342 e. The minimum absolute atomic E-state index is 0.104. The Morgan fingerprint density at radius 1 is 1.16 bits per heavy atom. The Labute approximate surface area is 205 Å². The summed E-state index contributed by atoms with van der Waals surface area (Å²) in [7, 11) is 0. The third-order valence-electron chi connectivity index (χ3n) is 4.87. The second-order valence-electron chi connectivity index (χ2n) is 7.45. The summed E-state index contributed by atoms with van der Waals surface area (Å²) in [6, 6.07) is 13.0. The molecular formula is C23H26IN5O2S. The first-order valence-corrected chi connectivity index (χ1v) is 12.3. The number of amides is 2. The molecule has 0 bridgehead atoms. The average Bonchev–Trinajstić information content (AvgIpc) is 3.17. The highest BCUT2D eigenvalue weighted by Gasteiger charge is 2.20. The molecule has 9 heteroatoms. The van der Waals surface area contributed by atoms with E-state index < -0.39 is 0 Å². The molecule has 1 atom stereocenters. The first-order chi connectivity index (χ1) is 15.3. The number of anilines is 1. The lowest BCUT2D eigenvalue weighted by Gasteiger charge is -2.15. The van der Waals surface area contributed by atoms with E-state index in [-0.39, 0.29) is 23.6 Å². The molecule has 32 heavy (non-hydrogen) atoms. The number of carbonyl (C=O) groups is 2. The number of hydrogen-bond donors (Lipinski definition) is 2. The van der Waals surface area contributed by atoms with Crippen LogP contribution >= 0.6 is 34.4 Å². The van der Waals surface area contributed by atoms with Crippen molar-refractivity contribution in [1.82, 2.24) is 20.1 Å². The van der Waals surface area contributed by atoms with Crippen LogP contribution in [0, 0.1) is 17.4 Å². The number of rotatable bonds is 8. The van der Waals surface area contributed by atoms with Crippen LogP contribution in [0.2, 0.25) is 0 Å². The number of thioether (sulfide) groups is 1. The van der Waals surface area contributed by atoms with E-state index in [0.29, 0.717) is 23.1 Å². The lowest BCUT2D eigenvalue weighted by Crippen LogP contribution is -2.28. The zero-order chi connectivity index (χ0) is 23.3. The van der Waals surface area contributed by atoms with Crippen molar-refractivity contribution >= 4 is 51.9 Å². The third kappa shape index (κ3) is 6.10. The summed E-state index contributed by atoms with van der Waals surface area (Å²) >= 11 is 3.57. The molecule has 0 aliphatic heterocycles. The highest BCUT2D eigenvalue weighted by atomic mass is 127. The van der Waals surface area contributed by atoms with Crippen molar-refractivity contribution < 1.29 is 9.59 Å². The van der Waals surface area contributed by atoms with E-state index in [1.54, 1.807) is 6.07 Å². The highest BCUT2D eigenvalue weighted by Crippen LogP contribution is 2.22. The van der Waals surface area contributed by atoms with E-state index in [1.807, 2.05) is 68.7 Å². The van der Waals surface area contributed by atoms with Gasteiger partial charge in [0.2, 0.25) is 5.91 Å². The molecular weight excluding hydrogens is 537 g/mol. The van der Waals surface area contributed by atoms with Crippen LogP contribution in [0.15, 0.2) is 47.6 Å². The van der Waals surface area contributed by atoms with Gasteiger partial charge in [0.05, 0.1) is 11.8 Å². The molecule has 2 N–H and O–H groups in total. The fraction of sp³-hybridized carbons (Fsp3) is 0.304. The van der Waals surface area contributed by atoms with E-state index in [2.05, 4.69) is 43.4 Å². The Balaban J connectivity index is 1.63. The molecule has 0 aliphatic rings. The van der Waals surface area contributed by atoms with Crippen LogP contribution < -0.4 is 10.6 Å². The monoisotopic (exact) mass is 563 g/mol. The molecule has 1 unspecified atom stereocenters. The molecule has 0 spiro atoms. The van der Waals surface area contributed by atoms with E-state index in [1.165, 1.54) is 11.8 Å². The maximum atomic E-state index is 12.6. The first kappa shape index (κ1) is 24.2. The molecule has 2 aromatic carbocycles. The first-order valence-electron chi connectivity index (χ1n) is 10.3. The Hall–Kier alpha value is -2.40. The SMILES string of the molecule is CCn1c(SCC(=O)Nc2ccc(I)cc2C)nnc1C(C)NC(=O)c1cccc(C)c1. The molecule has 7 nitrogen and oxygen atoms in total. The van der Waals surface area contributed by atoms with Crippen LogP contribution in [0.3, 0.4) is 0 Å². The molecule has 0 saturated heterocycles. The summed E-state index contributed by atoms with van der Waals surface area (Å²) in [5, 5.41) is 15.1. The fourth-order valence-corrected chi connectivity index (χ4v) is 4.70. The van der Waals surface area contributed by atoms with Gasteiger partial charge in [-0.3, -0.25) is 9.59 Å². The zero-order valence-corrected chi connectivity index (χ0v) is 21.5. The number of carbonyl (C=O) groups excluding carboxylic acids is 2. The van der Waals surface area contributed by atoms with E-state index >= 15 is 0 Å². The standard InChI is InChI=1S/C23H26IN5O2S/c1-5-29-21(16(4)25-22(31)17-8-6-7-14(2)11-17)27-28-23(29)32-13-20(30)26-19-10-9-18(24)12-15(19)3/h6-12,16H,5,13H2,1-4H3,(H,25,31)(H,26,30). The van der Waals surface area contributed by atoms with Crippen molar-refractivity contribution in [2.24, 2.45) is 0 Å². The zero-order valence-electron chi connectivity index (χ0n) is 18.5. The summed E-state index contributed by atoms with van der Waals surface area (Å²) < 4.78 is 3.05. The largest absolute Gasteiger partial charge is 0.342 e. The lowest BCUT2D eigenvalue weighted by atomic mass is 10.1. The Morgan fingerprint density at radius 3 is 2.62 bits per heavy atom. The summed E-state index contributed by atoms with van der Waals surface area (Å²) in [6.07, 6.45) is 0. The quantitative estimate of drug-likeness (QED) is 0.306. The van der Waals surface area contributed by atoms with Crippen molar-refractivity contribution in [2.45, 2.75) is 45.4 Å². The molecule has 0 fully saturated rings. The van der Waals surface area contributed by atoms with Gasteiger partial charge in [0.1, 0.15) is 0 Å². The number of aromatic nitrogens is 3. The molecule has 2 amide bonds. The molecule has 3 aromatic rings. The summed E-state index contributed by atoms with van der Waals surface area (Å²) in [5.74, 6) is 0.610.